The second kappa shape index (κ2) is 7.21. The van der Waals surface area contributed by atoms with Gasteiger partial charge in [0.25, 0.3) is 0 Å². The van der Waals surface area contributed by atoms with E-state index in [9.17, 15) is 16.8 Å². The van der Waals surface area contributed by atoms with Crippen molar-refractivity contribution in [2.24, 2.45) is 0 Å². The van der Waals surface area contributed by atoms with Crippen LogP contribution in [0, 0.1) is 0 Å². The molecule has 0 heterocycles. The summed E-state index contributed by atoms with van der Waals surface area (Å²) in [5.74, 6) is 0. The number of sulfonamides is 2. The molecule has 9 heteroatoms. The number of hydrogen-bond donors (Lipinski definition) is 3. The topological polar surface area (TPSA) is 104 Å². The van der Waals surface area contributed by atoms with Crippen LogP contribution < -0.4 is 14.8 Å². The van der Waals surface area contributed by atoms with Gasteiger partial charge in [-0.2, -0.15) is 0 Å². The molecule has 0 atom stereocenters. The molecule has 0 amide bonds. The van der Waals surface area contributed by atoms with Crippen LogP contribution in [0.15, 0.2) is 29.2 Å². The third-order valence-electron chi connectivity index (χ3n) is 2.44. The summed E-state index contributed by atoms with van der Waals surface area (Å²) in [6, 6.07) is 5.80. The lowest BCUT2D eigenvalue weighted by molar-refractivity contribution is 0.559. The minimum Gasteiger partial charge on any atom is -0.313 e. The number of anilines is 1. The summed E-state index contributed by atoms with van der Waals surface area (Å²) in [5.41, 5.74) is 0.318. The van der Waals surface area contributed by atoms with Gasteiger partial charge in [0.05, 0.1) is 11.2 Å². The van der Waals surface area contributed by atoms with E-state index in [2.05, 4.69) is 14.8 Å². The molecule has 0 radical (unpaired) electrons. The van der Waals surface area contributed by atoms with Crippen LogP contribution in [-0.4, -0.2) is 42.2 Å². The van der Waals surface area contributed by atoms with Crippen LogP contribution in [0.3, 0.4) is 0 Å². The maximum Gasteiger partial charge on any atom is 0.240 e. The standard InChI is InChI=1S/C12H21N3O4S2/c1-10(2)13-8-9-14-21(18,19)12-6-4-11(5-7-12)15-20(3,16)17/h4-7,10,13-15H,8-9H2,1-3H3. The van der Waals surface area contributed by atoms with E-state index < -0.39 is 20.0 Å². The van der Waals surface area contributed by atoms with E-state index >= 15 is 0 Å². The highest BCUT2D eigenvalue weighted by atomic mass is 32.2. The lowest BCUT2D eigenvalue weighted by Gasteiger charge is -2.10. The van der Waals surface area contributed by atoms with Gasteiger partial charge >= 0.3 is 0 Å². The van der Waals surface area contributed by atoms with Gasteiger partial charge < -0.3 is 5.32 Å². The molecule has 0 saturated heterocycles. The van der Waals surface area contributed by atoms with E-state index in [0.29, 0.717) is 12.2 Å². The minimum atomic E-state index is -3.59. The molecule has 0 aliphatic heterocycles. The van der Waals surface area contributed by atoms with Crippen molar-refractivity contribution in [1.29, 1.82) is 0 Å². The van der Waals surface area contributed by atoms with Gasteiger partial charge in [-0.05, 0) is 24.3 Å². The SMILES string of the molecule is CC(C)NCCNS(=O)(=O)c1ccc(NS(C)(=O)=O)cc1. The predicted molar refractivity (Wildman–Crippen MR) is 83.2 cm³/mol. The number of rotatable bonds is 8. The van der Waals surface area contributed by atoms with Crippen LogP contribution in [0.2, 0.25) is 0 Å². The zero-order valence-electron chi connectivity index (χ0n) is 12.3. The molecular formula is C12H21N3O4S2. The van der Waals surface area contributed by atoms with Gasteiger partial charge in [0.2, 0.25) is 20.0 Å². The fourth-order valence-electron chi connectivity index (χ4n) is 1.55. The van der Waals surface area contributed by atoms with Crippen LogP contribution in [0.1, 0.15) is 13.8 Å². The van der Waals surface area contributed by atoms with Crippen molar-refractivity contribution in [3.8, 4) is 0 Å². The zero-order valence-corrected chi connectivity index (χ0v) is 13.9. The molecule has 1 aromatic carbocycles. The molecule has 21 heavy (non-hydrogen) atoms. The van der Waals surface area contributed by atoms with Crippen LogP contribution in [0.5, 0.6) is 0 Å². The lowest BCUT2D eigenvalue weighted by atomic mass is 10.3. The third-order valence-corrected chi connectivity index (χ3v) is 4.52. The van der Waals surface area contributed by atoms with E-state index in [1.54, 1.807) is 0 Å². The highest BCUT2D eigenvalue weighted by molar-refractivity contribution is 7.92. The average molecular weight is 335 g/mol. The maximum atomic E-state index is 12.0. The summed E-state index contributed by atoms with van der Waals surface area (Å²) in [6.45, 7) is 4.76. The molecule has 0 bridgehead atoms. The molecule has 0 fully saturated rings. The van der Waals surface area contributed by atoms with Crippen molar-refractivity contribution in [3.05, 3.63) is 24.3 Å². The quantitative estimate of drug-likeness (QED) is 0.594. The average Bonchev–Trinajstić information content (AvgIpc) is 2.33. The minimum absolute atomic E-state index is 0.0890. The highest BCUT2D eigenvalue weighted by Crippen LogP contribution is 2.14. The summed E-state index contributed by atoms with van der Waals surface area (Å²) < 4.78 is 50.9. The second-order valence-electron chi connectivity index (χ2n) is 4.91. The van der Waals surface area contributed by atoms with Crippen molar-refractivity contribution in [1.82, 2.24) is 10.0 Å². The van der Waals surface area contributed by atoms with E-state index in [-0.39, 0.29) is 17.5 Å². The molecule has 7 nitrogen and oxygen atoms in total. The Morgan fingerprint density at radius 2 is 1.57 bits per heavy atom. The first kappa shape index (κ1) is 17.9. The maximum absolute atomic E-state index is 12.0. The Hall–Kier alpha value is -1.16. The molecule has 0 unspecified atom stereocenters. The number of nitrogens with one attached hydrogen (secondary N) is 3. The van der Waals surface area contributed by atoms with Crippen LogP contribution in [-0.2, 0) is 20.0 Å². The summed E-state index contributed by atoms with van der Waals surface area (Å²) in [4.78, 5) is 0.0890. The van der Waals surface area contributed by atoms with Gasteiger partial charge in [-0.25, -0.2) is 21.6 Å². The Morgan fingerprint density at radius 1 is 1.00 bits per heavy atom. The van der Waals surface area contributed by atoms with E-state index in [1.807, 2.05) is 13.8 Å². The van der Waals surface area contributed by atoms with Gasteiger partial charge in [0.15, 0.2) is 0 Å². The first-order valence-electron chi connectivity index (χ1n) is 6.41. The first-order chi connectivity index (χ1) is 9.60. The normalized spacial score (nSPS) is 12.6. The molecular weight excluding hydrogens is 314 g/mol. The van der Waals surface area contributed by atoms with Gasteiger partial charge in [0, 0.05) is 24.8 Å². The van der Waals surface area contributed by atoms with Crippen molar-refractivity contribution < 1.29 is 16.8 Å². The summed E-state index contributed by atoms with van der Waals surface area (Å²) in [7, 11) is -6.96. The van der Waals surface area contributed by atoms with Gasteiger partial charge in [-0.15, -0.1) is 0 Å². The molecule has 0 spiro atoms. The first-order valence-corrected chi connectivity index (χ1v) is 9.78. The predicted octanol–water partition coefficient (Wildman–Crippen LogP) is 0.334. The Labute approximate surface area is 126 Å². The van der Waals surface area contributed by atoms with Gasteiger partial charge in [-0.1, -0.05) is 13.8 Å². The fourth-order valence-corrected chi connectivity index (χ4v) is 3.14. The van der Waals surface area contributed by atoms with Crippen molar-refractivity contribution in [2.75, 3.05) is 24.1 Å². The Balaban J connectivity index is 2.67. The number of benzene rings is 1. The van der Waals surface area contributed by atoms with E-state index in [0.717, 1.165) is 6.26 Å². The van der Waals surface area contributed by atoms with Crippen LogP contribution >= 0.6 is 0 Å². The van der Waals surface area contributed by atoms with Crippen molar-refractivity contribution in [3.63, 3.8) is 0 Å². The molecule has 0 saturated carbocycles. The second-order valence-corrected chi connectivity index (χ2v) is 8.42. The summed E-state index contributed by atoms with van der Waals surface area (Å²) >= 11 is 0. The largest absolute Gasteiger partial charge is 0.313 e. The Bertz CT molecular complexity index is 652. The lowest BCUT2D eigenvalue weighted by Crippen LogP contribution is -2.34. The van der Waals surface area contributed by atoms with Crippen LogP contribution in [0.25, 0.3) is 0 Å². The smallest absolute Gasteiger partial charge is 0.240 e. The van der Waals surface area contributed by atoms with E-state index in [4.69, 9.17) is 0 Å². The zero-order chi connectivity index (χ0) is 16.1. The molecule has 1 rings (SSSR count). The highest BCUT2D eigenvalue weighted by Gasteiger charge is 2.13. The third kappa shape index (κ3) is 6.89. The molecule has 120 valence electrons. The fraction of sp³-hybridized carbons (Fsp3) is 0.500. The summed E-state index contributed by atoms with van der Waals surface area (Å²) in [6.07, 6.45) is 1.03. The molecule has 0 aliphatic carbocycles. The number of hydrogen-bond acceptors (Lipinski definition) is 5. The van der Waals surface area contributed by atoms with Gasteiger partial charge in [-0.3, -0.25) is 4.72 Å². The van der Waals surface area contributed by atoms with Crippen molar-refractivity contribution >= 4 is 25.7 Å². The Morgan fingerprint density at radius 3 is 2.05 bits per heavy atom. The van der Waals surface area contributed by atoms with Gasteiger partial charge in [0.1, 0.15) is 0 Å². The monoisotopic (exact) mass is 335 g/mol. The molecule has 3 N–H and O–H groups in total. The van der Waals surface area contributed by atoms with Crippen molar-refractivity contribution in [2.45, 2.75) is 24.8 Å². The van der Waals surface area contributed by atoms with E-state index in [1.165, 1.54) is 24.3 Å². The summed E-state index contributed by atoms with van der Waals surface area (Å²) in [5, 5.41) is 3.10. The van der Waals surface area contributed by atoms with Crippen LogP contribution in [0.4, 0.5) is 5.69 Å². The Kier molecular flexibility index (Phi) is 6.14. The molecule has 0 aliphatic rings. The molecule has 0 aromatic heterocycles. The molecule has 1 aromatic rings.